The molecule has 0 saturated carbocycles. The third-order valence-corrected chi connectivity index (χ3v) is 4.29. The van der Waals surface area contributed by atoms with Crippen molar-refractivity contribution < 1.29 is 13.2 Å². The van der Waals surface area contributed by atoms with Crippen LogP contribution in [0.1, 0.15) is 30.4 Å². The summed E-state index contributed by atoms with van der Waals surface area (Å²) in [7, 11) is 0. The zero-order valence-corrected chi connectivity index (χ0v) is 14.3. The Hall–Kier alpha value is -2.07. The second-order valence-electron chi connectivity index (χ2n) is 6.15. The lowest BCUT2D eigenvalue weighted by molar-refractivity contribution is -0.137. The van der Waals surface area contributed by atoms with Crippen molar-refractivity contribution in [2.45, 2.75) is 31.9 Å². The van der Waals surface area contributed by atoms with Crippen LogP contribution in [0.25, 0.3) is 0 Å². The molecule has 134 valence electrons. The van der Waals surface area contributed by atoms with Crippen molar-refractivity contribution in [2.24, 2.45) is 0 Å². The van der Waals surface area contributed by atoms with Gasteiger partial charge < -0.3 is 5.32 Å². The molecular weight excluding hydrogens is 323 g/mol. The van der Waals surface area contributed by atoms with E-state index in [4.69, 9.17) is 0 Å². The largest absolute Gasteiger partial charge is 0.416 e. The Balaban J connectivity index is 1.82. The predicted octanol–water partition coefficient (Wildman–Crippen LogP) is 5.62. The first-order valence-corrected chi connectivity index (χ1v) is 8.49. The lowest BCUT2D eigenvalue weighted by Gasteiger charge is -2.16. The van der Waals surface area contributed by atoms with Gasteiger partial charge in [-0.25, -0.2) is 0 Å². The first-order chi connectivity index (χ1) is 11.9. The molecule has 25 heavy (non-hydrogen) atoms. The van der Waals surface area contributed by atoms with Gasteiger partial charge in [-0.05, 0) is 60.6 Å². The van der Waals surface area contributed by atoms with Crippen LogP contribution < -0.4 is 5.32 Å². The van der Waals surface area contributed by atoms with Gasteiger partial charge in [0.2, 0.25) is 0 Å². The fourth-order valence-corrected chi connectivity index (χ4v) is 2.93. The highest BCUT2D eigenvalue weighted by atomic mass is 19.4. The van der Waals surface area contributed by atoms with Gasteiger partial charge in [0.05, 0.1) is 5.56 Å². The molecule has 0 spiro atoms. The van der Waals surface area contributed by atoms with E-state index < -0.39 is 11.7 Å². The average Bonchev–Trinajstić information content (AvgIpc) is 2.58. The van der Waals surface area contributed by atoms with Gasteiger partial charge >= 0.3 is 6.18 Å². The SMILES string of the molecule is C=CC(CNCCCc1cccc(C(F)(F)F)c1)=C1CCC=CC1=C. The Bertz CT molecular complexity index is 681. The molecule has 1 aliphatic carbocycles. The fourth-order valence-electron chi connectivity index (χ4n) is 2.93. The Morgan fingerprint density at radius 3 is 2.76 bits per heavy atom. The van der Waals surface area contributed by atoms with Crippen molar-refractivity contribution in [3.63, 3.8) is 0 Å². The van der Waals surface area contributed by atoms with Gasteiger partial charge in [-0.1, -0.05) is 49.6 Å². The second kappa shape index (κ2) is 8.86. The van der Waals surface area contributed by atoms with Crippen molar-refractivity contribution in [2.75, 3.05) is 13.1 Å². The van der Waals surface area contributed by atoms with Crippen LogP contribution in [0, 0.1) is 0 Å². The highest BCUT2D eigenvalue weighted by molar-refractivity contribution is 5.46. The zero-order valence-electron chi connectivity index (χ0n) is 14.3. The normalized spacial score (nSPS) is 16.8. The number of rotatable bonds is 7. The monoisotopic (exact) mass is 347 g/mol. The van der Waals surface area contributed by atoms with E-state index in [-0.39, 0.29) is 0 Å². The van der Waals surface area contributed by atoms with Crippen LogP contribution in [0.2, 0.25) is 0 Å². The third kappa shape index (κ3) is 5.75. The summed E-state index contributed by atoms with van der Waals surface area (Å²) in [5, 5.41) is 3.35. The summed E-state index contributed by atoms with van der Waals surface area (Å²) in [5.41, 5.74) is 3.55. The van der Waals surface area contributed by atoms with E-state index in [0.29, 0.717) is 18.5 Å². The minimum atomic E-state index is -4.28. The van der Waals surface area contributed by atoms with Crippen LogP contribution in [0.15, 0.2) is 72.4 Å². The molecule has 1 aliphatic rings. The maximum atomic E-state index is 12.7. The molecule has 0 amide bonds. The Morgan fingerprint density at radius 2 is 2.08 bits per heavy atom. The summed E-state index contributed by atoms with van der Waals surface area (Å²) in [4.78, 5) is 0. The van der Waals surface area contributed by atoms with E-state index in [1.165, 1.54) is 17.7 Å². The van der Waals surface area contributed by atoms with Crippen LogP contribution in [-0.4, -0.2) is 13.1 Å². The molecule has 0 bridgehead atoms. The molecule has 1 aromatic carbocycles. The number of benzene rings is 1. The number of nitrogens with one attached hydrogen (secondary N) is 1. The second-order valence-corrected chi connectivity index (χ2v) is 6.15. The van der Waals surface area contributed by atoms with E-state index in [2.05, 4.69) is 24.6 Å². The van der Waals surface area contributed by atoms with Gasteiger partial charge in [0.1, 0.15) is 0 Å². The van der Waals surface area contributed by atoms with E-state index in [0.717, 1.165) is 43.0 Å². The third-order valence-electron chi connectivity index (χ3n) is 4.29. The number of hydrogen-bond acceptors (Lipinski definition) is 1. The summed E-state index contributed by atoms with van der Waals surface area (Å²) in [6, 6.07) is 5.55. The average molecular weight is 347 g/mol. The summed E-state index contributed by atoms with van der Waals surface area (Å²) < 4.78 is 38.1. The van der Waals surface area contributed by atoms with Gasteiger partial charge in [-0.15, -0.1) is 0 Å². The van der Waals surface area contributed by atoms with E-state index in [1.54, 1.807) is 6.07 Å². The molecular formula is C21H24F3N. The van der Waals surface area contributed by atoms with Gasteiger partial charge in [0, 0.05) is 6.54 Å². The topological polar surface area (TPSA) is 12.0 Å². The van der Waals surface area contributed by atoms with Crippen LogP contribution in [-0.2, 0) is 12.6 Å². The molecule has 0 fully saturated rings. The first kappa shape index (κ1) is 19.3. The Labute approximate surface area is 147 Å². The summed E-state index contributed by atoms with van der Waals surface area (Å²) in [5.74, 6) is 0. The van der Waals surface area contributed by atoms with E-state index >= 15 is 0 Å². The molecule has 1 nitrogen and oxygen atoms in total. The van der Waals surface area contributed by atoms with Gasteiger partial charge in [-0.2, -0.15) is 13.2 Å². The fraction of sp³-hybridized carbons (Fsp3) is 0.333. The molecule has 0 atom stereocenters. The van der Waals surface area contributed by atoms with Crippen molar-refractivity contribution in [3.05, 3.63) is 83.5 Å². The van der Waals surface area contributed by atoms with Crippen LogP contribution in [0.5, 0.6) is 0 Å². The molecule has 1 aromatic rings. The molecule has 0 unspecified atom stereocenters. The van der Waals surface area contributed by atoms with Gasteiger partial charge in [-0.3, -0.25) is 0 Å². The summed E-state index contributed by atoms with van der Waals surface area (Å²) in [6.07, 6.45) is 5.12. The standard InChI is InChI=1S/C21H24F3N/c1-3-18(20-12-5-4-8-16(20)2)15-25-13-7-10-17-9-6-11-19(14-17)21(22,23)24/h3-4,6,8-9,11,14,25H,1-2,5,7,10,12-13,15H2. The van der Waals surface area contributed by atoms with E-state index in [1.807, 2.05) is 12.2 Å². The van der Waals surface area contributed by atoms with Crippen molar-refractivity contribution in [1.82, 2.24) is 5.32 Å². The molecule has 0 aliphatic heterocycles. The number of aryl methyl sites for hydroxylation is 1. The quantitative estimate of drug-likeness (QED) is 0.632. The number of hydrogen-bond donors (Lipinski definition) is 1. The molecule has 0 radical (unpaired) electrons. The van der Waals surface area contributed by atoms with Crippen molar-refractivity contribution >= 4 is 0 Å². The zero-order chi connectivity index (χ0) is 18.3. The maximum absolute atomic E-state index is 12.7. The highest BCUT2D eigenvalue weighted by Crippen LogP contribution is 2.29. The number of allylic oxidation sites excluding steroid dienone is 4. The molecule has 1 N–H and O–H groups in total. The van der Waals surface area contributed by atoms with E-state index in [9.17, 15) is 13.2 Å². The minimum Gasteiger partial charge on any atom is -0.313 e. The van der Waals surface area contributed by atoms with Gasteiger partial charge in [0.15, 0.2) is 0 Å². The lowest BCUT2D eigenvalue weighted by atomic mass is 9.92. The summed E-state index contributed by atoms with van der Waals surface area (Å²) >= 11 is 0. The molecule has 2 rings (SSSR count). The maximum Gasteiger partial charge on any atom is 0.416 e. The predicted molar refractivity (Wildman–Crippen MR) is 97.4 cm³/mol. The van der Waals surface area contributed by atoms with Crippen molar-refractivity contribution in [3.8, 4) is 0 Å². The molecule has 0 heterocycles. The molecule has 0 saturated heterocycles. The van der Waals surface area contributed by atoms with Gasteiger partial charge in [0.25, 0.3) is 0 Å². The smallest absolute Gasteiger partial charge is 0.313 e. The summed E-state index contributed by atoms with van der Waals surface area (Å²) in [6.45, 7) is 9.39. The Kier molecular flexibility index (Phi) is 6.82. The number of halogens is 3. The van der Waals surface area contributed by atoms with Crippen LogP contribution in [0.4, 0.5) is 13.2 Å². The van der Waals surface area contributed by atoms with Crippen LogP contribution >= 0.6 is 0 Å². The minimum absolute atomic E-state index is 0.583. The highest BCUT2D eigenvalue weighted by Gasteiger charge is 2.30. The molecule has 4 heteroatoms. The first-order valence-electron chi connectivity index (χ1n) is 8.49. The lowest BCUT2D eigenvalue weighted by Crippen LogP contribution is -2.19. The number of alkyl halides is 3. The van der Waals surface area contributed by atoms with Crippen molar-refractivity contribution in [1.29, 1.82) is 0 Å². The van der Waals surface area contributed by atoms with Crippen LogP contribution in [0.3, 0.4) is 0 Å². The molecule has 0 aromatic heterocycles. The Morgan fingerprint density at radius 1 is 1.28 bits per heavy atom.